The van der Waals surface area contributed by atoms with Crippen LogP contribution in [0, 0.1) is 5.92 Å². The lowest BCUT2D eigenvalue weighted by Crippen LogP contribution is -2.16. The van der Waals surface area contributed by atoms with Gasteiger partial charge in [0.2, 0.25) is 0 Å². The van der Waals surface area contributed by atoms with Gasteiger partial charge in [0.05, 0.1) is 11.3 Å². The zero-order chi connectivity index (χ0) is 13.9. The molecule has 2 atom stereocenters. The molecule has 1 nitrogen and oxygen atoms in total. The average Bonchev–Trinajstić information content (AvgIpc) is 2.27. The molecular weight excluding hydrogens is 263 g/mol. The Balaban J connectivity index is 3.15. The van der Waals surface area contributed by atoms with Crippen molar-refractivity contribution in [1.29, 1.82) is 0 Å². The van der Waals surface area contributed by atoms with Crippen LogP contribution in [-0.2, 0) is 6.18 Å². The van der Waals surface area contributed by atoms with Crippen LogP contribution in [0.2, 0.25) is 0 Å². The summed E-state index contributed by atoms with van der Waals surface area (Å²) >= 11 is 5.92. The summed E-state index contributed by atoms with van der Waals surface area (Å²) in [4.78, 5) is 4.06. The molecule has 0 aliphatic heterocycles. The molecule has 0 saturated heterocycles. The first-order valence-corrected chi connectivity index (χ1v) is 6.02. The highest BCUT2D eigenvalue weighted by atomic mass is 35.5. The van der Waals surface area contributed by atoms with E-state index < -0.39 is 11.7 Å². The van der Waals surface area contributed by atoms with Crippen LogP contribution < -0.4 is 0 Å². The van der Waals surface area contributed by atoms with Crippen LogP contribution in [0.4, 0.5) is 18.9 Å². The molecule has 100 valence electrons. The van der Waals surface area contributed by atoms with Crippen molar-refractivity contribution in [3.63, 3.8) is 0 Å². The van der Waals surface area contributed by atoms with Crippen LogP contribution in [0.1, 0.15) is 26.3 Å². The monoisotopic (exact) mass is 277 g/mol. The Kier molecular flexibility index (Phi) is 4.79. The summed E-state index contributed by atoms with van der Waals surface area (Å²) in [7, 11) is 0. The van der Waals surface area contributed by atoms with Crippen LogP contribution in [0.5, 0.6) is 0 Å². The summed E-state index contributed by atoms with van der Waals surface area (Å²) in [5.41, 5.74) is -0.195. The largest absolute Gasteiger partial charge is 0.418 e. The van der Waals surface area contributed by atoms with Gasteiger partial charge in [-0.3, -0.25) is 4.99 Å². The SMILES string of the molecule is C/C(=N\c1ccccc1C(F)(F)F)[C@@H](C)C(C)Cl. The minimum absolute atomic E-state index is 0.0633. The molecule has 0 aromatic heterocycles. The second kappa shape index (κ2) is 5.74. The first-order chi connectivity index (χ1) is 8.23. The van der Waals surface area contributed by atoms with Crippen molar-refractivity contribution in [1.82, 2.24) is 0 Å². The molecule has 0 bridgehead atoms. The molecule has 0 radical (unpaired) electrons. The summed E-state index contributed by atoms with van der Waals surface area (Å²) in [6.45, 7) is 5.32. The molecular formula is C13H15ClF3N. The van der Waals surface area contributed by atoms with Gasteiger partial charge < -0.3 is 0 Å². The zero-order valence-electron chi connectivity index (χ0n) is 10.4. The fraction of sp³-hybridized carbons (Fsp3) is 0.462. The standard InChI is InChI=1S/C13H15ClF3N/c1-8(9(2)14)10(3)18-12-7-5-4-6-11(12)13(15,16)17/h4-9H,1-3H3/b18-10+/t8-,9?/m0/s1. The highest BCUT2D eigenvalue weighted by molar-refractivity contribution is 6.22. The Morgan fingerprint density at radius 1 is 1.22 bits per heavy atom. The number of hydrogen-bond donors (Lipinski definition) is 0. The molecule has 0 spiro atoms. The Bertz CT molecular complexity index is 438. The van der Waals surface area contributed by atoms with E-state index in [9.17, 15) is 13.2 Å². The maximum atomic E-state index is 12.8. The number of alkyl halides is 4. The molecule has 0 heterocycles. The second-order valence-corrected chi connectivity index (χ2v) is 4.92. The fourth-order valence-corrected chi connectivity index (χ4v) is 1.62. The number of benzene rings is 1. The summed E-state index contributed by atoms with van der Waals surface area (Å²) in [5.74, 6) is -0.0760. The van der Waals surface area contributed by atoms with Gasteiger partial charge in [0.1, 0.15) is 0 Å². The third-order valence-electron chi connectivity index (χ3n) is 2.85. The molecule has 1 rings (SSSR count). The van der Waals surface area contributed by atoms with Crippen molar-refractivity contribution in [2.24, 2.45) is 10.9 Å². The fourth-order valence-electron chi connectivity index (χ4n) is 1.44. The number of hydrogen-bond acceptors (Lipinski definition) is 1. The van der Waals surface area contributed by atoms with Crippen molar-refractivity contribution in [2.45, 2.75) is 32.3 Å². The number of para-hydroxylation sites is 1. The molecule has 0 aliphatic rings. The van der Waals surface area contributed by atoms with Gasteiger partial charge in [-0.25, -0.2) is 0 Å². The first kappa shape index (κ1) is 15.0. The summed E-state index contributed by atoms with van der Waals surface area (Å²) in [5, 5.41) is -0.174. The Hall–Kier alpha value is -1.03. The van der Waals surface area contributed by atoms with E-state index in [1.54, 1.807) is 13.8 Å². The maximum absolute atomic E-state index is 12.8. The van der Waals surface area contributed by atoms with E-state index in [1.807, 2.05) is 6.92 Å². The van der Waals surface area contributed by atoms with Crippen LogP contribution in [0.15, 0.2) is 29.3 Å². The molecule has 5 heteroatoms. The van der Waals surface area contributed by atoms with Crippen molar-refractivity contribution in [2.75, 3.05) is 0 Å². The van der Waals surface area contributed by atoms with Gasteiger partial charge in [-0.1, -0.05) is 19.1 Å². The number of aliphatic imine (C=N–C) groups is 1. The summed E-state index contributed by atoms with van der Waals surface area (Å²) in [6, 6.07) is 5.28. The van der Waals surface area contributed by atoms with Gasteiger partial charge in [-0.15, -0.1) is 11.6 Å². The number of halogens is 4. The maximum Gasteiger partial charge on any atom is 0.418 e. The Labute approximate surface area is 110 Å². The Morgan fingerprint density at radius 3 is 2.28 bits per heavy atom. The molecule has 0 N–H and O–H groups in total. The molecule has 1 aromatic carbocycles. The predicted molar refractivity (Wildman–Crippen MR) is 68.7 cm³/mol. The van der Waals surface area contributed by atoms with E-state index in [0.29, 0.717) is 5.71 Å². The molecule has 0 aliphatic carbocycles. The van der Waals surface area contributed by atoms with Crippen LogP contribution in [-0.4, -0.2) is 11.1 Å². The number of rotatable bonds is 3. The second-order valence-electron chi connectivity index (χ2n) is 4.23. The molecule has 1 aromatic rings. The first-order valence-electron chi connectivity index (χ1n) is 5.59. The van der Waals surface area contributed by atoms with Crippen LogP contribution in [0.3, 0.4) is 0 Å². The normalized spacial score (nSPS) is 16.5. The van der Waals surface area contributed by atoms with E-state index in [2.05, 4.69) is 4.99 Å². The zero-order valence-corrected chi connectivity index (χ0v) is 11.2. The van der Waals surface area contributed by atoms with Crippen molar-refractivity contribution < 1.29 is 13.2 Å². The predicted octanol–water partition coefficient (Wildman–Crippen LogP) is 5.06. The quantitative estimate of drug-likeness (QED) is 0.541. The van der Waals surface area contributed by atoms with Crippen molar-refractivity contribution in [3.8, 4) is 0 Å². The van der Waals surface area contributed by atoms with E-state index in [4.69, 9.17) is 11.6 Å². The smallest absolute Gasteiger partial charge is 0.257 e. The van der Waals surface area contributed by atoms with Crippen LogP contribution in [0.25, 0.3) is 0 Å². The minimum Gasteiger partial charge on any atom is -0.257 e. The Morgan fingerprint density at radius 2 is 1.78 bits per heavy atom. The average molecular weight is 278 g/mol. The van der Waals surface area contributed by atoms with E-state index in [-0.39, 0.29) is 17.0 Å². The van der Waals surface area contributed by atoms with E-state index in [0.717, 1.165) is 6.07 Å². The van der Waals surface area contributed by atoms with E-state index in [1.165, 1.54) is 18.2 Å². The molecule has 0 saturated carbocycles. The molecule has 1 unspecified atom stereocenters. The minimum atomic E-state index is -4.39. The summed E-state index contributed by atoms with van der Waals surface area (Å²) < 4.78 is 38.3. The lowest BCUT2D eigenvalue weighted by molar-refractivity contribution is -0.137. The van der Waals surface area contributed by atoms with E-state index >= 15 is 0 Å². The lowest BCUT2D eigenvalue weighted by atomic mass is 10.0. The molecule has 0 amide bonds. The summed E-state index contributed by atoms with van der Waals surface area (Å²) in [6.07, 6.45) is -4.39. The molecule has 18 heavy (non-hydrogen) atoms. The highest BCUT2D eigenvalue weighted by Gasteiger charge is 2.33. The lowest BCUT2D eigenvalue weighted by Gasteiger charge is -2.15. The van der Waals surface area contributed by atoms with Gasteiger partial charge >= 0.3 is 6.18 Å². The van der Waals surface area contributed by atoms with Gasteiger partial charge in [0.15, 0.2) is 0 Å². The molecule has 0 fully saturated rings. The van der Waals surface area contributed by atoms with Gasteiger partial charge in [0, 0.05) is 17.0 Å². The number of nitrogens with zero attached hydrogens (tertiary/aromatic N) is 1. The van der Waals surface area contributed by atoms with Crippen molar-refractivity contribution in [3.05, 3.63) is 29.8 Å². The third-order valence-corrected chi connectivity index (χ3v) is 3.23. The topological polar surface area (TPSA) is 12.4 Å². The highest BCUT2D eigenvalue weighted by Crippen LogP contribution is 2.36. The van der Waals surface area contributed by atoms with Gasteiger partial charge in [-0.05, 0) is 26.0 Å². The van der Waals surface area contributed by atoms with Crippen molar-refractivity contribution >= 4 is 23.0 Å². The van der Waals surface area contributed by atoms with Gasteiger partial charge in [0.25, 0.3) is 0 Å². The van der Waals surface area contributed by atoms with Crippen LogP contribution >= 0.6 is 11.6 Å². The van der Waals surface area contributed by atoms with Gasteiger partial charge in [-0.2, -0.15) is 13.2 Å². The third kappa shape index (κ3) is 3.73.